The van der Waals surface area contributed by atoms with E-state index in [1.54, 1.807) is 25.2 Å². The zero-order valence-electron chi connectivity index (χ0n) is 10.7. The minimum atomic E-state index is -3.42. The van der Waals surface area contributed by atoms with Gasteiger partial charge in [-0.05, 0) is 31.0 Å². The fourth-order valence-corrected chi connectivity index (χ4v) is 5.57. The molecule has 3 nitrogen and oxygen atoms in total. The molecule has 0 radical (unpaired) electrons. The minimum absolute atomic E-state index is 0.0396. The van der Waals surface area contributed by atoms with Crippen LogP contribution in [0.4, 0.5) is 0 Å². The van der Waals surface area contributed by atoms with E-state index in [0.29, 0.717) is 4.90 Å². The smallest absolute Gasteiger partial charge is 0.207 e. The summed E-state index contributed by atoms with van der Waals surface area (Å²) in [7, 11) is -1.74. The highest BCUT2D eigenvalue weighted by Crippen LogP contribution is 2.31. The fraction of sp³-hybridized carbons (Fsp3) is 0.538. The van der Waals surface area contributed by atoms with Gasteiger partial charge in [0.25, 0.3) is 0 Å². The highest BCUT2D eigenvalue weighted by Gasteiger charge is 2.33. The van der Waals surface area contributed by atoms with Crippen LogP contribution < -0.4 is 0 Å². The molecule has 0 amide bonds. The standard InChI is InChI=1S/C13H17Br2NO2S/c1-16(13-8-3-2-7-12(13)15)19(17,18)11-6-4-5-10(14)9-11/h4-6,9,12-13H,2-3,7-8H2,1H3. The number of sulfonamides is 1. The van der Waals surface area contributed by atoms with Crippen LogP contribution in [0.1, 0.15) is 25.7 Å². The highest BCUT2D eigenvalue weighted by atomic mass is 79.9. The Balaban J connectivity index is 2.28. The summed E-state index contributed by atoms with van der Waals surface area (Å²) in [6, 6.07) is 6.91. The first kappa shape index (κ1) is 15.5. The lowest BCUT2D eigenvalue weighted by Gasteiger charge is -2.34. The first-order valence-electron chi connectivity index (χ1n) is 6.30. The Labute approximate surface area is 131 Å². The van der Waals surface area contributed by atoms with Gasteiger partial charge in [-0.3, -0.25) is 0 Å². The lowest BCUT2D eigenvalue weighted by molar-refractivity contribution is 0.297. The van der Waals surface area contributed by atoms with Crippen LogP contribution >= 0.6 is 31.9 Å². The Morgan fingerprint density at radius 1 is 1.26 bits per heavy atom. The van der Waals surface area contributed by atoms with Crippen molar-refractivity contribution in [2.75, 3.05) is 7.05 Å². The van der Waals surface area contributed by atoms with Crippen molar-refractivity contribution in [3.05, 3.63) is 28.7 Å². The average Bonchev–Trinajstić information content (AvgIpc) is 2.38. The van der Waals surface area contributed by atoms with Gasteiger partial charge >= 0.3 is 0 Å². The molecule has 0 aromatic heterocycles. The van der Waals surface area contributed by atoms with Gasteiger partial charge in [0.15, 0.2) is 0 Å². The minimum Gasteiger partial charge on any atom is -0.207 e. The predicted octanol–water partition coefficient (Wildman–Crippen LogP) is 3.78. The second-order valence-corrected chi connectivity index (χ2v) is 8.94. The van der Waals surface area contributed by atoms with Crippen LogP contribution in [-0.2, 0) is 10.0 Å². The van der Waals surface area contributed by atoms with Crippen molar-refractivity contribution in [3.63, 3.8) is 0 Å². The van der Waals surface area contributed by atoms with Crippen LogP contribution in [0.15, 0.2) is 33.6 Å². The van der Waals surface area contributed by atoms with E-state index in [0.717, 1.165) is 30.2 Å². The summed E-state index contributed by atoms with van der Waals surface area (Å²) in [5.74, 6) is 0. The second-order valence-electron chi connectivity index (χ2n) is 4.85. The molecule has 106 valence electrons. The zero-order valence-corrected chi connectivity index (χ0v) is 14.7. The van der Waals surface area contributed by atoms with Crippen molar-refractivity contribution < 1.29 is 8.42 Å². The predicted molar refractivity (Wildman–Crippen MR) is 84.1 cm³/mol. The molecule has 0 aliphatic heterocycles. The lowest BCUT2D eigenvalue weighted by Crippen LogP contribution is -2.43. The normalized spacial score (nSPS) is 24.6. The van der Waals surface area contributed by atoms with Crippen LogP contribution in [0.2, 0.25) is 0 Å². The summed E-state index contributed by atoms with van der Waals surface area (Å²) < 4.78 is 27.5. The molecule has 2 atom stereocenters. The molecular weight excluding hydrogens is 394 g/mol. The van der Waals surface area contributed by atoms with Gasteiger partial charge in [0.05, 0.1) is 4.90 Å². The topological polar surface area (TPSA) is 37.4 Å². The summed E-state index contributed by atoms with van der Waals surface area (Å²) in [5.41, 5.74) is 0. The Kier molecular flexibility index (Phi) is 5.09. The fourth-order valence-electron chi connectivity index (χ4n) is 2.45. The molecule has 1 aliphatic rings. The SMILES string of the molecule is CN(C1CCCCC1Br)S(=O)(=O)c1cccc(Br)c1. The van der Waals surface area contributed by atoms with E-state index < -0.39 is 10.0 Å². The molecule has 0 bridgehead atoms. The van der Waals surface area contributed by atoms with Crippen molar-refractivity contribution in [2.45, 2.75) is 41.4 Å². The van der Waals surface area contributed by atoms with Gasteiger partial charge in [-0.1, -0.05) is 50.8 Å². The summed E-state index contributed by atoms with van der Waals surface area (Å²) in [5, 5.41) is 0. The average molecular weight is 411 g/mol. The Morgan fingerprint density at radius 3 is 2.58 bits per heavy atom. The van der Waals surface area contributed by atoms with Crippen molar-refractivity contribution in [3.8, 4) is 0 Å². The number of nitrogens with zero attached hydrogens (tertiary/aromatic N) is 1. The second kappa shape index (κ2) is 6.24. The van der Waals surface area contributed by atoms with E-state index in [1.807, 2.05) is 6.07 Å². The van der Waals surface area contributed by atoms with E-state index >= 15 is 0 Å². The number of benzene rings is 1. The van der Waals surface area contributed by atoms with E-state index in [-0.39, 0.29) is 10.9 Å². The Morgan fingerprint density at radius 2 is 1.95 bits per heavy atom. The van der Waals surface area contributed by atoms with Gasteiger partial charge in [-0.25, -0.2) is 8.42 Å². The molecule has 0 N–H and O–H groups in total. The maximum atomic E-state index is 12.6. The molecule has 1 aliphatic carbocycles. The van der Waals surface area contributed by atoms with Crippen LogP contribution in [0.5, 0.6) is 0 Å². The third-order valence-corrected chi connectivity index (χ3v) is 7.03. The van der Waals surface area contributed by atoms with E-state index in [9.17, 15) is 8.42 Å². The number of rotatable bonds is 3. The van der Waals surface area contributed by atoms with Gasteiger partial charge in [0.2, 0.25) is 10.0 Å². The summed E-state index contributed by atoms with van der Waals surface area (Å²) in [6.07, 6.45) is 4.20. The van der Waals surface area contributed by atoms with Crippen LogP contribution in [-0.4, -0.2) is 30.6 Å². The summed E-state index contributed by atoms with van der Waals surface area (Å²) >= 11 is 6.94. The molecule has 1 aromatic carbocycles. The van der Waals surface area contributed by atoms with Crippen molar-refractivity contribution in [1.82, 2.24) is 4.31 Å². The molecule has 1 fully saturated rings. The molecule has 0 saturated heterocycles. The molecule has 0 heterocycles. The van der Waals surface area contributed by atoms with E-state index in [2.05, 4.69) is 31.9 Å². The van der Waals surface area contributed by atoms with Crippen molar-refractivity contribution >= 4 is 41.9 Å². The van der Waals surface area contributed by atoms with Crippen LogP contribution in [0.25, 0.3) is 0 Å². The Hall–Kier alpha value is 0.0900. The Bertz CT molecular complexity index is 547. The molecule has 1 aromatic rings. The molecule has 0 spiro atoms. The third kappa shape index (κ3) is 3.40. The molecular formula is C13H17Br2NO2S. The quantitative estimate of drug-likeness (QED) is 0.711. The molecule has 6 heteroatoms. The summed E-state index contributed by atoms with van der Waals surface area (Å²) in [6.45, 7) is 0. The highest BCUT2D eigenvalue weighted by molar-refractivity contribution is 9.10. The van der Waals surface area contributed by atoms with Gasteiger partial charge in [-0.15, -0.1) is 0 Å². The van der Waals surface area contributed by atoms with Crippen molar-refractivity contribution in [2.24, 2.45) is 0 Å². The van der Waals surface area contributed by atoms with Gasteiger partial charge in [0, 0.05) is 22.4 Å². The number of hydrogen-bond donors (Lipinski definition) is 0. The van der Waals surface area contributed by atoms with E-state index in [4.69, 9.17) is 0 Å². The molecule has 2 unspecified atom stereocenters. The molecule has 2 rings (SSSR count). The van der Waals surface area contributed by atoms with Gasteiger partial charge in [-0.2, -0.15) is 4.31 Å². The number of alkyl halides is 1. The maximum absolute atomic E-state index is 12.6. The largest absolute Gasteiger partial charge is 0.243 e. The zero-order chi connectivity index (χ0) is 14.0. The number of hydrogen-bond acceptors (Lipinski definition) is 2. The van der Waals surface area contributed by atoms with E-state index in [1.165, 1.54) is 4.31 Å². The van der Waals surface area contributed by atoms with Crippen LogP contribution in [0, 0.1) is 0 Å². The maximum Gasteiger partial charge on any atom is 0.243 e. The molecule has 1 saturated carbocycles. The van der Waals surface area contributed by atoms with Gasteiger partial charge in [0.1, 0.15) is 0 Å². The van der Waals surface area contributed by atoms with Crippen molar-refractivity contribution in [1.29, 1.82) is 0 Å². The third-order valence-electron chi connectivity index (χ3n) is 3.59. The van der Waals surface area contributed by atoms with Crippen LogP contribution in [0.3, 0.4) is 0 Å². The summed E-state index contributed by atoms with van der Waals surface area (Å²) in [4.78, 5) is 0.586. The monoisotopic (exact) mass is 409 g/mol. The van der Waals surface area contributed by atoms with Gasteiger partial charge < -0.3 is 0 Å². The first-order valence-corrected chi connectivity index (χ1v) is 9.45. The lowest BCUT2D eigenvalue weighted by atomic mass is 9.96. The first-order chi connectivity index (χ1) is 8.93. The molecule has 19 heavy (non-hydrogen) atoms. The number of halogens is 2.